The van der Waals surface area contributed by atoms with E-state index < -0.39 is 0 Å². The fraction of sp³-hybridized carbons (Fsp3) is 0.778. The van der Waals surface area contributed by atoms with Crippen LogP contribution in [-0.2, 0) is 4.74 Å². The first-order valence-corrected chi connectivity index (χ1v) is 4.16. The van der Waals surface area contributed by atoms with Crippen LogP contribution in [-0.4, -0.2) is 18.8 Å². The van der Waals surface area contributed by atoms with Crippen molar-refractivity contribution >= 4 is 0 Å². The van der Waals surface area contributed by atoms with Crippen molar-refractivity contribution in [3.05, 3.63) is 12.7 Å². The van der Waals surface area contributed by atoms with Crippen LogP contribution in [0.5, 0.6) is 0 Å². The second kappa shape index (κ2) is 5.33. The van der Waals surface area contributed by atoms with Crippen molar-refractivity contribution in [2.45, 2.75) is 32.2 Å². The standard InChI is InChI=1S/C9H19NO/c1-4-7-11-8-9(10,5-2)6-3/h4H,1,5-8,10H2,2-3H3. The fourth-order valence-corrected chi connectivity index (χ4v) is 0.800. The Kier molecular flexibility index (Phi) is 5.16. The van der Waals surface area contributed by atoms with E-state index in [0.717, 1.165) is 12.8 Å². The lowest BCUT2D eigenvalue weighted by Crippen LogP contribution is -2.43. The molecule has 0 aromatic heterocycles. The molecular weight excluding hydrogens is 138 g/mol. The Hall–Kier alpha value is -0.340. The highest BCUT2D eigenvalue weighted by atomic mass is 16.5. The number of nitrogens with two attached hydrogens (primary N) is 1. The van der Waals surface area contributed by atoms with Crippen molar-refractivity contribution < 1.29 is 4.74 Å². The first-order chi connectivity index (χ1) is 5.18. The average Bonchev–Trinajstić information content (AvgIpc) is 2.05. The van der Waals surface area contributed by atoms with Crippen molar-refractivity contribution in [1.29, 1.82) is 0 Å². The normalized spacial score (nSPS) is 11.5. The van der Waals surface area contributed by atoms with Crippen LogP contribution < -0.4 is 5.73 Å². The molecule has 0 aromatic carbocycles. The first-order valence-electron chi connectivity index (χ1n) is 4.16. The molecule has 0 saturated carbocycles. The largest absolute Gasteiger partial charge is 0.376 e. The van der Waals surface area contributed by atoms with Crippen molar-refractivity contribution in [3.8, 4) is 0 Å². The molecule has 2 heteroatoms. The molecule has 0 aromatic rings. The summed E-state index contributed by atoms with van der Waals surface area (Å²) in [5.41, 5.74) is 5.84. The summed E-state index contributed by atoms with van der Waals surface area (Å²) in [7, 11) is 0. The number of rotatable bonds is 6. The third-order valence-corrected chi connectivity index (χ3v) is 2.03. The molecule has 2 N–H and O–H groups in total. The van der Waals surface area contributed by atoms with Gasteiger partial charge in [0.25, 0.3) is 0 Å². The summed E-state index contributed by atoms with van der Waals surface area (Å²) < 4.78 is 5.29. The minimum atomic E-state index is -0.136. The molecule has 0 atom stereocenters. The van der Waals surface area contributed by atoms with Gasteiger partial charge in [-0.05, 0) is 12.8 Å². The molecule has 0 amide bonds. The van der Waals surface area contributed by atoms with E-state index in [-0.39, 0.29) is 5.54 Å². The average molecular weight is 157 g/mol. The van der Waals surface area contributed by atoms with Crippen LogP contribution in [0.2, 0.25) is 0 Å². The molecule has 0 fully saturated rings. The van der Waals surface area contributed by atoms with E-state index in [1.54, 1.807) is 6.08 Å². The molecule has 0 heterocycles. The summed E-state index contributed by atoms with van der Waals surface area (Å²) in [6, 6.07) is 0. The molecule has 0 rings (SSSR count). The highest BCUT2D eigenvalue weighted by Gasteiger charge is 2.19. The summed E-state index contributed by atoms with van der Waals surface area (Å²) >= 11 is 0. The maximum Gasteiger partial charge on any atom is 0.0650 e. The Morgan fingerprint density at radius 3 is 2.36 bits per heavy atom. The molecule has 0 saturated heterocycles. The molecule has 0 aliphatic rings. The monoisotopic (exact) mass is 157 g/mol. The topological polar surface area (TPSA) is 35.2 Å². The molecule has 66 valence electrons. The van der Waals surface area contributed by atoms with Crippen molar-refractivity contribution in [3.63, 3.8) is 0 Å². The van der Waals surface area contributed by atoms with Gasteiger partial charge in [-0.2, -0.15) is 0 Å². The molecule has 0 spiro atoms. The lowest BCUT2D eigenvalue weighted by atomic mass is 9.96. The van der Waals surface area contributed by atoms with Crippen LogP contribution in [0.25, 0.3) is 0 Å². The van der Waals surface area contributed by atoms with E-state index in [1.165, 1.54) is 0 Å². The summed E-state index contributed by atoms with van der Waals surface area (Å²) in [6.07, 6.45) is 3.66. The maximum atomic E-state index is 5.98. The van der Waals surface area contributed by atoms with Gasteiger partial charge in [0.1, 0.15) is 0 Å². The lowest BCUT2D eigenvalue weighted by molar-refractivity contribution is 0.101. The summed E-state index contributed by atoms with van der Waals surface area (Å²) in [5.74, 6) is 0. The number of hydrogen-bond donors (Lipinski definition) is 1. The van der Waals surface area contributed by atoms with E-state index in [1.807, 2.05) is 0 Å². The van der Waals surface area contributed by atoms with Crippen LogP contribution >= 0.6 is 0 Å². The highest BCUT2D eigenvalue weighted by molar-refractivity contribution is 4.80. The van der Waals surface area contributed by atoms with Crippen molar-refractivity contribution in [2.75, 3.05) is 13.2 Å². The minimum Gasteiger partial charge on any atom is -0.376 e. The molecule has 11 heavy (non-hydrogen) atoms. The number of hydrogen-bond acceptors (Lipinski definition) is 2. The Balaban J connectivity index is 3.59. The van der Waals surface area contributed by atoms with Gasteiger partial charge in [0.2, 0.25) is 0 Å². The first kappa shape index (κ1) is 10.7. The van der Waals surface area contributed by atoms with Gasteiger partial charge < -0.3 is 10.5 Å². The van der Waals surface area contributed by atoms with Crippen LogP contribution in [0, 0.1) is 0 Å². The van der Waals surface area contributed by atoms with Gasteiger partial charge in [-0.1, -0.05) is 19.9 Å². The lowest BCUT2D eigenvalue weighted by Gasteiger charge is -2.25. The highest BCUT2D eigenvalue weighted by Crippen LogP contribution is 2.10. The second-order valence-corrected chi connectivity index (χ2v) is 2.87. The SMILES string of the molecule is C=CCOCC(N)(CC)CC. The summed E-state index contributed by atoms with van der Waals surface area (Å²) in [6.45, 7) is 8.96. The Morgan fingerprint density at radius 1 is 1.45 bits per heavy atom. The Bertz CT molecular complexity index is 108. The Labute approximate surface area is 69.4 Å². The Morgan fingerprint density at radius 2 is 2.00 bits per heavy atom. The maximum absolute atomic E-state index is 5.98. The molecule has 0 bridgehead atoms. The predicted molar refractivity (Wildman–Crippen MR) is 48.5 cm³/mol. The van der Waals surface area contributed by atoms with Gasteiger partial charge in [0.05, 0.1) is 13.2 Å². The van der Waals surface area contributed by atoms with Gasteiger partial charge in [-0.3, -0.25) is 0 Å². The predicted octanol–water partition coefficient (Wildman–Crippen LogP) is 1.71. The van der Waals surface area contributed by atoms with Gasteiger partial charge in [-0.15, -0.1) is 6.58 Å². The quantitative estimate of drug-likeness (QED) is 0.470. The molecule has 0 radical (unpaired) electrons. The summed E-state index contributed by atoms with van der Waals surface area (Å²) in [5, 5.41) is 0. The molecule has 0 unspecified atom stereocenters. The number of ether oxygens (including phenoxy) is 1. The third-order valence-electron chi connectivity index (χ3n) is 2.03. The molecular formula is C9H19NO. The minimum absolute atomic E-state index is 0.136. The fourth-order valence-electron chi connectivity index (χ4n) is 0.800. The van der Waals surface area contributed by atoms with E-state index in [9.17, 15) is 0 Å². The van der Waals surface area contributed by atoms with Gasteiger partial charge in [0, 0.05) is 5.54 Å². The zero-order valence-corrected chi connectivity index (χ0v) is 7.60. The molecule has 0 aliphatic heterocycles. The zero-order chi connectivity index (χ0) is 8.74. The second-order valence-electron chi connectivity index (χ2n) is 2.87. The van der Waals surface area contributed by atoms with Gasteiger partial charge in [-0.25, -0.2) is 0 Å². The van der Waals surface area contributed by atoms with Crippen molar-refractivity contribution in [2.24, 2.45) is 5.73 Å². The third kappa shape index (κ3) is 4.17. The van der Waals surface area contributed by atoms with E-state index in [0.29, 0.717) is 13.2 Å². The molecule has 0 aliphatic carbocycles. The van der Waals surface area contributed by atoms with E-state index in [2.05, 4.69) is 20.4 Å². The smallest absolute Gasteiger partial charge is 0.0650 e. The zero-order valence-electron chi connectivity index (χ0n) is 7.60. The van der Waals surface area contributed by atoms with Crippen LogP contribution in [0.1, 0.15) is 26.7 Å². The summed E-state index contributed by atoms with van der Waals surface area (Å²) in [4.78, 5) is 0. The van der Waals surface area contributed by atoms with Gasteiger partial charge in [0.15, 0.2) is 0 Å². The van der Waals surface area contributed by atoms with E-state index in [4.69, 9.17) is 10.5 Å². The molecule has 2 nitrogen and oxygen atoms in total. The van der Waals surface area contributed by atoms with Crippen LogP contribution in [0.4, 0.5) is 0 Å². The van der Waals surface area contributed by atoms with Crippen LogP contribution in [0.3, 0.4) is 0 Å². The van der Waals surface area contributed by atoms with Crippen molar-refractivity contribution in [1.82, 2.24) is 0 Å². The van der Waals surface area contributed by atoms with Crippen LogP contribution in [0.15, 0.2) is 12.7 Å². The van der Waals surface area contributed by atoms with E-state index >= 15 is 0 Å². The van der Waals surface area contributed by atoms with Gasteiger partial charge >= 0.3 is 0 Å².